The number of hydrogen-bond acceptors (Lipinski definition) is 4. The number of primary amides is 1. The van der Waals surface area contributed by atoms with E-state index in [4.69, 9.17) is 19.9 Å². The maximum Gasteiger partial charge on any atom is 0.405 e. The fourth-order valence-electron chi connectivity index (χ4n) is 3.23. The van der Waals surface area contributed by atoms with E-state index in [1.807, 2.05) is 57.2 Å². The third kappa shape index (κ3) is 3.27. The summed E-state index contributed by atoms with van der Waals surface area (Å²) in [5, 5.41) is 0. The van der Waals surface area contributed by atoms with E-state index in [2.05, 4.69) is 0 Å². The maximum absolute atomic E-state index is 11.3. The molecule has 0 aromatic heterocycles. The summed E-state index contributed by atoms with van der Waals surface area (Å²) in [6.07, 6.45) is -1.21. The summed E-state index contributed by atoms with van der Waals surface area (Å²) in [5.74, 6) is 1.55. The molecule has 25 heavy (non-hydrogen) atoms. The molecule has 0 bridgehead atoms. The van der Waals surface area contributed by atoms with Gasteiger partial charge in [-0.15, -0.1) is 0 Å². The van der Waals surface area contributed by atoms with Crippen molar-refractivity contribution in [1.29, 1.82) is 0 Å². The molecule has 1 aliphatic rings. The van der Waals surface area contributed by atoms with Crippen molar-refractivity contribution in [3.8, 4) is 22.6 Å². The average Bonchev–Trinajstić information content (AvgIpc) is 2.57. The van der Waals surface area contributed by atoms with Crippen molar-refractivity contribution in [3.05, 3.63) is 47.5 Å². The second-order valence-corrected chi connectivity index (χ2v) is 7.03. The van der Waals surface area contributed by atoms with Crippen LogP contribution in [0.15, 0.2) is 36.4 Å². The molecule has 2 aromatic rings. The molecule has 0 saturated heterocycles. The third-order valence-corrected chi connectivity index (χ3v) is 4.58. The first-order chi connectivity index (χ1) is 11.8. The van der Waals surface area contributed by atoms with Crippen molar-refractivity contribution in [2.75, 3.05) is 13.7 Å². The molecule has 0 fully saturated rings. The van der Waals surface area contributed by atoms with E-state index in [1.165, 1.54) is 0 Å². The number of methoxy groups -OCH3 is 1. The number of benzene rings is 2. The summed E-state index contributed by atoms with van der Waals surface area (Å²) in [7, 11) is 1.65. The average molecular weight is 341 g/mol. The molecule has 5 nitrogen and oxygen atoms in total. The quantitative estimate of drug-likeness (QED) is 0.907. The lowest BCUT2D eigenvalue weighted by molar-refractivity contribution is -0.0176. The minimum absolute atomic E-state index is 0.348. The van der Waals surface area contributed by atoms with Gasteiger partial charge in [-0.25, -0.2) is 4.79 Å². The minimum atomic E-state index is -0.777. The molecule has 0 spiro atoms. The fraction of sp³-hybridized carbons (Fsp3) is 0.350. The number of aryl methyl sites for hydroxylation is 1. The summed E-state index contributed by atoms with van der Waals surface area (Å²) >= 11 is 0. The number of amides is 1. The number of ether oxygens (including phenoxy) is 3. The van der Waals surface area contributed by atoms with Crippen LogP contribution in [-0.4, -0.2) is 19.8 Å². The van der Waals surface area contributed by atoms with E-state index in [9.17, 15) is 4.79 Å². The van der Waals surface area contributed by atoms with Crippen LogP contribution in [0.1, 0.15) is 31.1 Å². The van der Waals surface area contributed by atoms with E-state index >= 15 is 0 Å². The van der Waals surface area contributed by atoms with Gasteiger partial charge in [0, 0.05) is 11.0 Å². The van der Waals surface area contributed by atoms with Gasteiger partial charge in [-0.2, -0.15) is 0 Å². The molecule has 2 N–H and O–H groups in total. The van der Waals surface area contributed by atoms with Crippen molar-refractivity contribution in [1.82, 2.24) is 0 Å². The molecule has 1 heterocycles. The Labute approximate surface area is 147 Å². The summed E-state index contributed by atoms with van der Waals surface area (Å²) in [6.45, 7) is 6.47. The van der Waals surface area contributed by atoms with E-state index < -0.39 is 12.2 Å². The molecule has 2 aromatic carbocycles. The van der Waals surface area contributed by atoms with Gasteiger partial charge in [0.05, 0.1) is 13.7 Å². The fourth-order valence-corrected chi connectivity index (χ4v) is 3.23. The van der Waals surface area contributed by atoms with Crippen LogP contribution < -0.4 is 15.2 Å². The van der Waals surface area contributed by atoms with Crippen LogP contribution in [0.4, 0.5) is 4.79 Å². The van der Waals surface area contributed by atoms with Crippen LogP contribution >= 0.6 is 0 Å². The zero-order chi connectivity index (χ0) is 18.2. The number of carbonyl (C=O) groups excluding carboxylic acids is 1. The molecule has 0 radical (unpaired) electrons. The molecule has 5 heteroatoms. The number of fused-ring (bicyclic) bond motifs is 1. The summed E-state index contributed by atoms with van der Waals surface area (Å²) in [6, 6.07) is 11.9. The first-order valence-corrected chi connectivity index (χ1v) is 8.19. The molecule has 3 rings (SSSR count). The molecule has 1 atom stereocenters. The smallest absolute Gasteiger partial charge is 0.405 e. The summed E-state index contributed by atoms with van der Waals surface area (Å²) in [5.41, 5.74) is 9.00. The first-order valence-electron chi connectivity index (χ1n) is 8.19. The second-order valence-electron chi connectivity index (χ2n) is 7.03. The van der Waals surface area contributed by atoms with Crippen molar-refractivity contribution < 1.29 is 19.0 Å². The van der Waals surface area contributed by atoms with Crippen LogP contribution in [0.2, 0.25) is 0 Å². The van der Waals surface area contributed by atoms with Crippen molar-refractivity contribution >= 4 is 6.09 Å². The molecular formula is C20H23NO4. The third-order valence-electron chi connectivity index (χ3n) is 4.58. The maximum atomic E-state index is 11.3. The molecule has 1 unspecified atom stereocenters. The van der Waals surface area contributed by atoms with Crippen LogP contribution in [0.25, 0.3) is 11.1 Å². The predicted molar refractivity (Wildman–Crippen MR) is 95.9 cm³/mol. The van der Waals surface area contributed by atoms with E-state index in [0.717, 1.165) is 33.8 Å². The van der Waals surface area contributed by atoms with E-state index in [0.29, 0.717) is 6.61 Å². The highest BCUT2D eigenvalue weighted by Crippen LogP contribution is 2.46. The Hall–Kier alpha value is -2.69. The molecule has 0 saturated carbocycles. The molecule has 1 aliphatic heterocycles. The molecule has 1 amide bonds. The Kier molecular flexibility index (Phi) is 4.33. The number of nitrogens with two attached hydrogens (primary N) is 1. The van der Waals surface area contributed by atoms with Crippen molar-refractivity contribution in [2.45, 2.75) is 26.9 Å². The van der Waals surface area contributed by atoms with Crippen LogP contribution in [0.3, 0.4) is 0 Å². The highest BCUT2D eigenvalue weighted by molar-refractivity contribution is 5.71. The van der Waals surface area contributed by atoms with Crippen LogP contribution in [0, 0.1) is 12.3 Å². The van der Waals surface area contributed by atoms with Gasteiger partial charge in [-0.3, -0.25) is 0 Å². The lowest BCUT2D eigenvalue weighted by Gasteiger charge is -2.38. The zero-order valence-corrected chi connectivity index (χ0v) is 15.0. The van der Waals surface area contributed by atoms with Gasteiger partial charge >= 0.3 is 6.09 Å². The highest BCUT2D eigenvalue weighted by atomic mass is 16.6. The number of carbonyl (C=O) groups is 1. The van der Waals surface area contributed by atoms with Crippen molar-refractivity contribution in [3.63, 3.8) is 0 Å². The molecule has 132 valence electrons. The molecule has 0 aliphatic carbocycles. The van der Waals surface area contributed by atoms with Gasteiger partial charge in [-0.1, -0.05) is 32.0 Å². The second kappa shape index (κ2) is 6.31. The number of hydrogen-bond donors (Lipinski definition) is 1. The van der Waals surface area contributed by atoms with Gasteiger partial charge in [0.1, 0.15) is 17.6 Å². The van der Waals surface area contributed by atoms with Crippen LogP contribution in [0.5, 0.6) is 11.5 Å². The Balaban J connectivity index is 2.02. The lowest BCUT2D eigenvalue weighted by Crippen LogP contribution is -2.37. The predicted octanol–water partition coefficient (Wildman–Crippen LogP) is 4.23. The largest absolute Gasteiger partial charge is 0.497 e. The van der Waals surface area contributed by atoms with E-state index in [-0.39, 0.29) is 5.41 Å². The lowest BCUT2D eigenvalue weighted by atomic mass is 9.80. The topological polar surface area (TPSA) is 70.8 Å². The van der Waals surface area contributed by atoms with Gasteiger partial charge < -0.3 is 19.9 Å². The number of rotatable bonds is 3. The SMILES string of the molecule is COc1ccc(-c2ccc3c(c2)OCC(C)(C)C3OC(N)=O)c(C)c1. The first kappa shape index (κ1) is 17.1. The van der Waals surface area contributed by atoms with Gasteiger partial charge in [0.25, 0.3) is 0 Å². The van der Waals surface area contributed by atoms with Gasteiger partial charge in [-0.05, 0) is 41.8 Å². The minimum Gasteiger partial charge on any atom is -0.497 e. The van der Waals surface area contributed by atoms with Gasteiger partial charge in [0.15, 0.2) is 0 Å². The summed E-state index contributed by atoms with van der Waals surface area (Å²) < 4.78 is 16.6. The van der Waals surface area contributed by atoms with Crippen molar-refractivity contribution in [2.24, 2.45) is 11.1 Å². The standard InChI is InChI=1S/C20H23NO4/c1-12-9-14(23-4)6-8-15(12)13-5-7-16-17(10-13)24-11-20(2,3)18(16)25-19(21)22/h5-10,18H,11H2,1-4H3,(H2,21,22). The highest BCUT2D eigenvalue weighted by Gasteiger charge is 2.40. The Morgan fingerprint density at radius 1 is 1.24 bits per heavy atom. The molecular weight excluding hydrogens is 318 g/mol. The normalized spacial score (nSPS) is 18.0. The Morgan fingerprint density at radius 2 is 2.00 bits per heavy atom. The van der Waals surface area contributed by atoms with Crippen LogP contribution in [-0.2, 0) is 4.74 Å². The van der Waals surface area contributed by atoms with Gasteiger partial charge in [0.2, 0.25) is 0 Å². The zero-order valence-electron chi connectivity index (χ0n) is 15.0. The Bertz CT molecular complexity index is 813. The summed E-state index contributed by atoms with van der Waals surface area (Å²) in [4.78, 5) is 11.3. The monoisotopic (exact) mass is 341 g/mol. The Morgan fingerprint density at radius 3 is 2.64 bits per heavy atom. The van der Waals surface area contributed by atoms with E-state index in [1.54, 1.807) is 7.11 Å².